The van der Waals surface area contributed by atoms with E-state index in [4.69, 9.17) is 4.74 Å². The Bertz CT molecular complexity index is 277. The van der Waals surface area contributed by atoms with Crippen LogP contribution in [0.15, 0.2) is 0 Å². The van der Waals surface area contributed by atoms with Gasteiger partial charge in [0.25, 0.3) is 0 Å². The fraction of sp³-hybridized carbons (Fsp3) is 0.933. The first kappa shape index (κ1) is 14.8. The van der Waals surface area contributed by atoms with E-state index < -0.39 is 0 Å². The van der Waals surface area contributed by atoms with Crippen molar-refractivity contribution in [2.45, 2.75) is 64.0 Å². The second-order valence-electron chi connectivity index (χ2n) is 5.97. The zero-order chi connectivity index (χ0) is 13.5. The number of ether oxygens (including phenoxy) is 1. The van der Waals surface area contributed by atoms with Crippen molar-refractivity contribution in [3.63, 3.8) is 0 Å². The Labute approximate surface area is 116 Å². The van der Waals surface area contributed by atoms with Gasteiger partial charge in [0.15, 0.2) is 0 Å². The summed E-state index contributed by atoms with van der Waals surface area (Å²) in [5.74, 6) is 0.996. The SMILES string of the molecule is CCC1CCCC(NCC(=O)NC2CCOCC2)C1. The van der Waals surface area contributed by atoms with E-state index in [-0.39, 0.29) is 5.91 Å². The molecule has 1 amide bonds. The molecule has 19 heavy (non-hydrogen) atoms. The Kier molecular flexibility index (Phi) is 6.11. The molecule has 1 saturated carbocycles. The van der Waals surface area contributed by atoms with Gasteiger partial charge in [0.2, 0.25) is 5.91 Å². The van der Waals surface area contributed by atoms with E-state index in [1.165, 1.54) is 32.1 Å². The van der Waals surface area contributed by atoms with E-state index in [1.54, 1.807) is 0 Å². The van der Waals surface area contributed by atoms with Crippen LogP contribution in [-0.2, 0) is 9.53 Å². The monoisotopic (exact) mass is 268 g/mol. The Morgan fingerprint density at radius 1 is 1.16 bits per heavy atom. The molecule has 1 aliphatic heterocycles. The maximum Gasteiger partial charge on any atom is 0.234 e. The number of nitrogens with one attached hydrogen (secondary N) is 2. The van der Waals surface area contributed by atoms with E-state index >= 15 is 0 Å². The van der Waals surface area contributed by atoms with Crippen LogP contribution in [0.1, 0.15) is 51.9 Å². The largest absolute Gasteiger partial charge is 0.381 e. The summed E-state index contributed by atoms with van der Waals surface area (Å²) in [6.07, 6.45) is 8.30. The van der Waals surface area contributed by atoms with Gasteiger partial charge in [-0.3, -0.25) is 4.79 Å². The predicted octanol–water partition coefficient (Wildman–Crippen LogP) is 1.84. The fourth-order valence-electron chi connectivity index (χ4n) is 3.20. The molecule has 0 aromatic carbocycles. The lowest BCUT2D eigenvalue weighted by Gasteiger charge is -2.29. The second-order valence-corrected chi connectivity index (χ2v) is 5.97. The average molecular weight is 268 g/mol. The van der Waals surface area contributed by atoms with E-state index in [9.17, 15) is 4.79 Å². The van der Waals surface area contributed by atoms with Crippen LogP contribution in [0, 0.1) is 5.92 Å². The molecule has 0 aromatic heterocycles. The maximum atomic E-state index is 11.9. The summed E-state index contributed by atoms with van der Waals surface area (Å²) < 4.78 is 5.29. The average Bonchev–Trinajstić information content (AvgIpc) is 2.46. The summed E-state index contributed by atoms with van der Waals surface area (Å²) in [7, 11) is 0. The number of hydrogen-bond acceptors (Lipinski definition) is 3. The van der Waals surface area contributed by atoms with Gasteiger partial charge in [0, 0.05) is 25.3 Å². The molecule has 110 valence electrons. The van der Waals surface area contributed by atoms with Crippen molar-refractivity contribution in [1.29, 1.82) is 0 Å². The summed E-state index contributed by atoms with van der Waals surface area (Å²) in [5.41, 5.74) is 0. The first-order chi connectivity index (χ1) is 9.28. The van der Waals surface area contributed by atoms with Gasteiger partial charge in [-0.1, -0.05) is 26.2 Å². The molecule has 4 nitrogen and oxygen atoms in total. The van der Waals surface area contributed by atoms with Crippen molar-refractivity contribution in [2.24, 2.45) is 5.92 Å². The first-order valence-electron chi connectivity index (χ1n) is 7.88. The highest BCUT2D eigenvalue weighted by Gasteiger charge is 2.21. The molecule has 1 heterocycles. The Balaban J connectivity index is 1.62. The van der Waals surface area contributed by atoms with Gasteiger partial charge in [-0.25, -0.2) is 0 Å². The quantitative estimate of drug-likeness (QED) is 0.800. The summed E-state index contributed by atoms with van der Waals surface area (Å²) >= 11 is 0. The van der Waals surface area contributed by atoms with Gasteiger partial charge in [0.1, 0.15) is 0 Å². The zero-order valence-corrected chi connectivity index (χ0v) is 12.1. The second kappa shape index (κ2) is 7.85. The summed E-state index contributed by atoms with van der Waals surface area (Å²) in [6, 6.07) is 0.858. The summed E-state index contributed by atoms with van der Waals surface area (Å²) in [6.45, 7) is 4.29. The fourth-order valence-corrected chi connectivity index (χ4v) is 3.20. The van der Waals surface area contributed by atoms with Crippen molar-refractivity contribution < 1.29 is 9.53 Å². The Hall–Kier alpha value is -0.610. The molecule has 2 unspecified atom stereocenters. The molecule has 1 saturated heterocycles. The zero-order valence-electron chi connectivity index (χ0n) is 12.1. The minimum atomic E-state index is 0.144. The minimum Gasteiger partial charge on any atom is -0.381 e. The molecule has 1 aliphatic carbocycles. The van der Waals surface area contributed by atoms with Crippen LogP contribution in [0.5, 0.6) is 0 Å². The van der Waals surface area contributed by atoms with Crippen LogP contribution in [-0.4, -0.2) is 37.7 Å². The highest BCUT2D eigenvalue weighted by atomic mass is 16.5. The number of hydrogen-bond donors (Lipinski definition) is 2. The van der Waals surface area contributed by atoms with Gasteiger partial charge >= 0.3 is 0 Å². The summed E-state index contributed by atoms with van der Waals surface area (Å²) in [4.78, 5) is 11.9. The van der Waals surface area contributed by atoms with E-state index in [0.717, 1.165) is 32.0 Å². The molecular weight excluding hydrogens is 240 g/mol. The normalized spacial score (nSPS) is 29.1. The number of carbonyl (C=O) groups is 1. The highest BCUT2D eigenvalue weighted by molar-refractivity contribution is 5.78. The van der Waals surface area contributed by atoms with E-state index in [0.29, 0.717) is 18.6 Å². The number of carbonyl (C=O) groups excluding carboxylic acids is 1. The molecule has 2 N–H and O–H groups in total. The number of amides is 1. The van der Waals surface area contributed by atoms with Crippen LogP contribution in [0.3, 0.4) is 0 Å². The van der Waals surface area contributed by atoms with Gasteiger partial charge in [-0.15, -0.1) is 0 Å². The molecule has 2 fully saturated rings. The lowest BCUT2D eigenvalue weighted by Crippen LogP contribution is -2.45. The van der Waals surface area contributed by atoms with Crippen molar-refractivity contribution >= 4 is 5.91 Å². The van der Waals surface area contributed by atoms with Gasteiger partial charge in [-0.05, 0) is 31.6 Å². The van der Waals surface area contributed by atoms with Crippen molar-refractivity contribution in [2.75, 3.05) is 19.8 Å². The molecule has 4 heteroatoms. The van der Waals surface area contributed by atoms with E-state index in [2.05, 4.69) is 17.6 Å². The third kappa shape index (κ3) is 5.11. The first-order valence-corrected chi connectivity index (χ1v) is 7.88. The third-order valence-electron chi connectivity index (χ3n) is 4.50. The van der Waals surface area contributed by atoms with Crippen LogP contribution in [0.25, 0.3) is 0 Å². The van der Waals surface area contributed by atoms with Crippen LogP contribution >= 0.6 is 0 Å². The van der Waals surface area contributed by atoms with Crippen LogP contribution in [0.4, 0.5) is 0 Å². The van der Waals surface area contributed by atoms with Crippen molar-refractivity contribution in [1.82, 2.24) is 10.6 Å². The lowest BCUT2D eigenvalue weighted by molar-refractivity contribution is -0.121. The molecule has 2 atom stereocenters. The van der Waals surface area contributed by atoms with Crippen LogP contribution in [0.2, 0.25) is 0 Å². The minimum absolute atomic E-state index is 0.144. The molecule has 2 aliphatic rings. The van der Waals surface area contributed by atoms with E-state index in [1.807, 2.05) is 0 Å². The summed E-state index contributed by atoms with van der Waals surface area (Å²) in [5, 5.41) is 6.53. The third-order valence-corrected chi connectivity index (χ3v) is 4.50. The molecule has 0 radical (unpaired) electrons. The predicted molar refractivity (Wildman–Crippen MR) is 76.0 cm³/mol. The van der Waals surface area contributed by atoms with Gasteiger partial charge < -0.3 is 15.4 Å². The van der Waals surface area contributed by atoms with Gasteiger partial charge in [0.05, 0.1) is 6.54 Å². The smallest absolute Gasteiger partial charge is 0.234 e. The highest BCUT2D eigenvalue weighted by Crippen LogP contribution is 2.26. The number of rotatable bonds is 5. The standard InChI is InChI=1S/C15H28N2O2/c1-2-12-4-3-5-14(10-12)16-11-15(18)17-13-6-8-19-9-7-13/h12-14,16H,2-11H2,1H3,(H,17,18). The van der Waals surface area contributed by atoms with Crippen molar-refractivity contribution in [3.8, 4) is 0 Å². The maximum absolute atomic E-state index is 11.9. The molecule has 2 rings (SSSR count). The Morgan fingerprint density at radius 2 is 1.95 bits per heavy atom. The molecule has 0 aromatic rings. The topological polar surface area (TPSA) is 50.4 Å². The Morgan fingerprint density at radius 3 is 2.68 bits per heavy atom. The van der Waals surface area contributed by atoms with Crippen LogP contribution < -0.4 is 10.6 Å². The molecule has 0 bridgehead atoms. The lowest BCUT2D eigenvalue weighted by atomic mass is 9.84. The molecule has 0 spiro atoms. The molecular formula is C15H28N2O2. The van der Waals surface area contributed by atoms with Crippen molar-refractivity contribution in [3.05, 3.63) is 0 Å². The van der Waals surface area contributed by atoms with Gasteiger partial charge in [-0.2, -0.15) is 0 Å².